The molecule has 0 fully saturated rings. The Morgan fingerprint density at radius 2 is 1.28 bits per heavy atom. The van der Waals surface area contributed by atoms with Gasteiger partial charge >= 0.3 is 0 Å². The zero-order valence-electron chi connectivity index (χ0n) is 13.0. The van der Waals surface area contributed by atoms with E-state index in [9.17, 15) is 10.2 Å². The molecule has 0 saturated carbocycles. The number of rotatable bonds is 5. The number of nitrogens with zero attached hydrogens (tertiary/aromatic N) is 2. The Morgan fingerprint density at radius 1 is 0.840 bits per heavy atom. The lowest BCUT2D eigenvalue weighted by Gasteiger charge is -2.05. The van der Waals surface area contributed by atoms with E-state index in [1.807, 2.05) is 6.92 Å². The molecule has 0 spiro atoms. The molecule has 2 aromatic carbocycles. The first-order valence-electron chi connectivity index (χ1n) is 7.17. The number of aromatic hydroxyl groups is 2. The maximum Gasteiger partial charge on any atom is 0.125 e. The van der Waals surface area contributed by atoms with Gasteiger partial charge in [-0.15, -0.1) is 0 Å². The van der Waals surface area contributed by atoms with E-state index in [1.165, 1.54) is 36.7 Å². The minimum atomic E-state index is -0.157. The van der Waals surface area contributed by atoms with Gasteiger partial charge in [-0.2, -0.15) is 0 Å². The predicted molar refractivity (Wildman–Crippen MR) is 106 cm³/mol. The Morgan fingerprint density at radius 3 is 1.80 bits per heavy atom. The monoisotopic (exact) mass is 418 g/mol. The second kappa shape index (κ2) is 8.77. The molecule has 1 unspecified atom stereocenters. The number of hydrogen-bond donors (Lipinski definition) is 2. The lowest BCUT2D eigenvalue weighted by Crippen LogP contribution is -2.04. The van der Waals surface area contributed by atoms with Gasteiger partial charge in [0.2, 0.25) is 0 Å². The summed E-state index contributed by atoms with van der Waals surface area (Å²) in [6.07, 6.45) is 3.01. The molecule has 132 valence electrons. The van der Waals surface area contributed by atoms with Gasteiger partial charge in [0.25, 0.3) is 0 Å². The predicted octanol–water partition coefficient (Wildman–Crippen LogP) is 5.64. The number of aliphatic imine (C=N–C) groups is 2. The topological polar surface area (TPSA) is 65.2 Å². The molecule has 2 aromatic rings. The summed E-state index contributed by atoms with van der Waals surface area (Å²) >= 11 is 23.5. The third-order valence-corrected chi connectivity index (χ3v) is 4.65. The van der Waals surface area contributed by atoms with E-state index in [4.69, 9.17) is 46.4 Å². The maximum atomic E-state index is 9.82. The van der Waals surface area contributed by atoms with Crippen molar-refractivity contribution in [1.29, 1.82) is 0 Å². The van der Waals surface area contributed by atoms with Gasteiger partial charge in [-0.1, -0.05) is 46.4 Å². The van der Waals surface area contributed by atoms with Crippen LogP contribution in [0.3, 0.4) is 0 Å². The van der Waals surface area contributed by atoms with Crippen LogP contribution >= 0.6 is 46.4 Å². The number of phenols is 2. The Hall–Kier alpha value is -1.46. The fourth-order valence-electron chi connectivity index (χ4n) is 1.87. The Kier molecular flexibility index (Phi) is 6.96. The molecule has 8 heteroatoms. The van der Waals surface area contributed by atoms with Crippen molar-refractivity contribution in [2.24, 2.45) is 9.98 Å². The normalized spacial score (nSPS) is 13.0. The Labute approximate surface area is 165 Å². The molecule has 0 aliphatic rings. The molecule has 25 heavy (non-hydrogen) atoms. The molecule has 2 rings (SSSR count). The minimum absolute atomic E-state index is 0.00460. The van der Waals surface area contributed by atoms with Gasteiger partial charge in [0.05, 0.1) is 32.7 Å². The van der Waals surface area contributed by atoms with E-state index in [0.717, 1.165) is 0 Å². The van der Waals surface area contributed by atoms with Crippen molar-refractivity contribution in [1.82, 2.24) is 0 Å². The van der Waals surface area contributed by atoms with Crippen molar-refractivity contribution in [2.75, 3.05) is 6.54 Å². The van der Waals surface area contributed by atoms with E-state index in [1.54, 1.807) is 0 Å². The highest BCUT2D eigenvalue weighted by molar-refractivity contribution is 6.42. The molecule has 2 N–H and O–H groups in total. The molecule has 0 saturated heterocycles. The van der Waals surface area contributed by atoms with Crippen LogP contribution in [0.25, 0.3) is 0 Å². The summed E-state index contributed by atoms with van der Waals surface area (Å²) in [6.45, 7) is 2.23. The third kappa shape index (κ3) is 5.51. The van der Waals surface area contributed by atoms with Crippen LogP contribution in [0.15, 0.2) is 34.3 Å². The summed E-state index contributed by atoms with van der Waals surface area (Å²) in [7, 11) is 0. The fraction of sp³-hybridized carbons (Fsp3) is 0.176. The standard InChI is InChI=1S/C17H14Cl4N2O2/c1-9(23-8-11-3-13(19)15(21)5-17(11)25)6-22-7-10-2-12(18)14(20)4-16(10)24/h2-5,7-9,24-25H,6H2,1H3. The minimum Gasteiger partial charge on any atom is -0.507 e. The molecule has 0 aromatic heterocycles. The first kappa shape index (κ1) is 19.9. The Balaban J connectivity index is 2.02. The highest BCUT2D eigenvalue weighted by Crippen LogP contribution is 2.29. The molecule has 0 amide bonds. The summed E-state index contributed by atoms with van der Waals surface area (Å²) in [5.74, 6) is -0.00962. The summed E-state index contributed by atoms with van der Waals surface area (Å²) < 4.78 is 0. The number of phenolic OH excluding ortho intramolecular Hbond substituents is 2. The number of benzene rings is 2. The molecule has 0 aliphatic heterocycles. The van der Waals surface area contributed by atoms with Crippen LogP contribution < -0.4 is 0 Å². The van der Waals surface area contributed by atoms with Crippen LogP contribution in [0.5, 0.6) is 11.5 Å². The van der Waals surface area contributed by atoms with Crippen molar-refractivity contribution < 1.29 is 10.2 Å². The SMILES string of the molecule is CC(CN=Cc1cc(Cl)c(Cl)cc1O)N=Cc1cc(Cl)c(Cl)cc1O. The van der Waals surface area contributed by atoms with E-state index in [0.29, 0.717) is 27.7 Å². The van der Waals surface area contributed by atoms with E-state index in [-0.39, 0.29) is 27.6 Å². The average molecular weight is 420 g/mol. The van der Waals surface area contributed by atoms with Crippen molar-refractivity contribution in [3.05, 3.63) is 55.5 Å². The van der Waals surface area contributed by atoms with E-state index >= 15 is 0 Å². The lowest BCUT2D eigenvalue weighted by atomic mass is 10.2. The maximum absolute atomic E-state index is 9.82. The van der Waals surface area contributed by atoms with Crippen LogP contribution in [-0.4, -0.2) is 35.2 Å². The summed E-state index contributed by atoms with van der Waals surface area (Å²) in [5.41, 5.74) is 0.931. The smallest absolute Gasteiger partial charge is 0.125 e. The average Bonchev–Trinajstić information content (AvgIpc) is 2.54. The summed E-state index contributed by atoms with van der Waals surface area (Å²) in [5, 5.41) is 20.8. The zero-order chi connectivity index (χ0) is 18.6. The summed E-state index contributed by atoms with van der Waals surface area (Å²) in [6, 6.07) is 5.63. The van der Waals surface area contributed by atoms with Gasteiger partial charge in [-0.25, -0.2) is 0 Å². The molecule has 0 bridgehead atoms. The molecule has 0 heterocycles. The molecule has 1 atom stereocenters. The number of halogens is 4. The van der Waals surface area contributed by atoms with Gasteiger partial charge in [0, 0.05) is 35.7 Å². The molecular weight excluding hydrogens is 406 g/mol. The van der Waals surface area contributed by atoms with Crippen LogP contribution in [0.1, 0.15) is 18.1 Å². The molecule has 0 radical (unpaired) electrons. The van der Waals surface area contributed by atoms with Crippen molar-refractivity contribution in [3.63, 3.8) is 0 Å². The quantitative estimate of drug-likeness (QED) is 0.616. The molecular formula is C17H14Cl4N2O2. The van der Waals surface area contributed by atoms with Gasteiger partial charge < -0.3 is 10.2 Å². The van der Waals surface area contributed by atoms with Crippen LogP contribution in [0.2, 0.25) is 20.1 Å². The second-order valence-electron chi connectivity index (χ2n) is 5.27. The zero-order valence-corrected chi connectivity index (χ0v) is 16.1. The van der Waals surface area contributed by atoms with Crippen molar-refractivity contribution in [3.8, 4) is 11.5 Å². The molecule has 0 aliphatic carbocycles. The van der Waals surface area contributed by atoms with E-state index in [2.05, 4.69) is 9.98 Å². The highest BCUT2D eigenvalue weighted by Gasteiger charge is 2.06. The van der Waals surface area contributed by atoms with Crippen LogP contribution in [0.4, 0.5) is 0 Å². The van der Waals surface area contributed by atoms with Gasteiger partial charge in [0.15, 0.2) is 0 Å². The first-order chi connectivity index (χ1) is 11.8. The van der Waals surface area contributed by atoms with Crippen molar-refractivity contribution in [2.45, 2.75) is 13.0 Å². The first-order valence-corrected chi connectivity index (χ1v) is 8.68. The van der Waals surface area contributed by atoms with Crippen LogP contribution in [0, 0.1) is 0 Å². The van der Waals surface area contributed by atoms with Gasteiger partial charge in [-0.3, -0.25) is 9.98 Å². The molecule has 4 nitrogen and oxygen atoms in total. The highest BCUT2D eigenvalue weighted by atomic mass is 35.5. The second-order valence-corrected chi connectivity index (χ2v) is 6.90. The van der Waals surface area contributed by atoms with E-state index < -0.39 is 0 Å². The lowest BCUT2D eigenvalue weighted by molar-refractivity contribution is 0.474. The fourth-order valence-corrected chi connectivity index (χ4v) is 2.53. The van der Waals surface area contributed by atoms with Crippen LogP contribution in [-0.2, 0) is 0 Å². The summed E-state index contributed by atoms with van der Waals surface area (Å²) in [4.78, 5) is 8.53. The van der Waals surface area contributed by atoms with Gasteiger partial charge in [0.1, 0.15) is 11.5 Å². The Bertz CT molecular complexity index is 838. The third-order valence-electron chi connectivity index (χ3n) is 3.21. The number of hydrogen-bond acceptors (Lipinski definition) is 4. The largest absolute Gasteiger partial charge is 0.507 e. The van der Waals surface area contributed by atoms with Crippen molar-refractivity contribution >= 4 is 58.8 Å². The van der Waals surface area contributed by atoms with Gasteiger partial charge in [-0.05, 0) is 19.1 Å².